The molecule has 0 spiro atoms. The number of rotatable bonds is 6. The van der Waals surface area contributed by atoms with Crippen LogP contribution in [0.25, 0.3) is 0 Å². The van der Waals surface area contributed by atoms with Gasteiger partial charge in [-0.1, -0.05) is 42.5 Å². The molecule has 2 aromatic carbocycles. The van der Waals surface area contributed by atoms with Crippen LogP contribution in [-0.2, 0) is 9.57 Å². The maximum atomic E-state index is 12.6. The highest BCUT2D eigenvalue weighted by Gasteiger charge is 2.48. The van der Waals surface area contributed by atoms with Gasteiger partial charge in [0.15, 0.2) is 0 Å². The smallest absolute Gasteiger partial charge is 0.338 e. The lowest BCUT2D eigenvalue weighted by Crippen LogP contribution is -2.62. The molecule has 0 radical (unpaired) electrons. The van der Waals surface area contributed by atoms with Crippen LogP contribution < -0.4 is 0 Å². The Balaban J connectivity index is 1.70. The number of hydrogen-bond acceptors (Lipinski definition) is 5. The third-order valence-corrected chi connectivity index (χ3v) is 5.99. The Bertz CT molecular complexity index is 856. The lowest BCUT2D eigenvalue weighted by Gasteiger charge is -2.54. The first-order valence-electron chi connectivity index (χ1n) is 11.0. The van der Waals surface area contributed by atoms with Crippen molar-refractivity contribution in [1.82, 2.24) is 5.06 Å². The predicted molar refractivity (Wildman–Crippen MR) is 121 cm³/mol. The summed E-state index contributed by atoms with van der Waals surface area (Å²) in [6, 6.07) is 17.0. The van der Waals surface area contributed by atoms with E-state index in [2.05, 4.69) is 32.8 Å². The number of ether oxygens (including phenoxy) is 1. The van der Waals surface area contributed by atoms with Gasteiger partial charge in [-0.3, -0.25) is 4.84 Å². The average molecular weight is 426 g/mol. The molecule has 1 fully saturated rings. The normalized spacial score (nSPS) is 20.7. The molecule has 1 aliphatic heterocycles. The lowest BCUT2D eigenvalue weighted by atomic mass is 9.80. The number of aliphatic hydroxyl groups excluding tert-OH is 1. The summed E-state index contributed by atoms with van der Waals surface area (Å²) in [7, 11) is 0. The monoisotopic (exact) mass is 425 g/mol. The fourth-order valence-electron chi connectivity index (χ4n) is 4.60. The maximum Gasteiger partial charge on any atom is 0.338 e. The summed E-state index contributed by atoms with van der Waals surface area (Å²) in [6.07, 6.45) is 0.551. The van der Waals surface area contributed by atoms with Gasteiger partial charge in [0, 0.05) is 23.9 Å². The minimum Gasteiger partial charge on any atom is -0.459 e. The second-order valence-corrected chi connectivity index (χ2v) is 9.81. The van der Waals surface area contributed by atoms with Crippen molar-refractivity contribution >= 4 is 5.97 Å². The molecule has 3 rings (SSSR count). The van der Waals surface area contributed by atoms with Crippen LogP contribution in [0, 0.1) is 0 Å². The fraction of sp³-hybridized carbons (Fsp3) is 0.500. The van der Waals surface area contributed by atoms with Crippen molar-refractivity contribution < 1.29 is 19.5 Å². The van der Waals surface area contributed by atoms with Crippen LogP contribution >= 0.6 is 0 Å². The lowest BCUT2D eigenvalue weighted by molar-refractivity contribution is -0.313. The fourth-order valence-corrected chi connectivity index (χ4v) is 4.60. The van der Waals surface area contributed by atoms with Crippen LogP contribution in [0.2, 0.25) is 0 Å². The Hall–Kier alpha value is -2.21. The molecular formula is C26H35NO4. The van der Waals surface area contributed by atoms with E-state index in [1.807, 2.05) is 49.4 Å². The van der Waals surface area contributed by atoms with Gasteiger partial charge >= 0.3 is 5.97 Å². The Morgan fingerprint density at radius 1 is 0.935 bits per heavy atom. The minimum absolute atomic E-state index is 0.148. The van der Waals surface area contributed by atoms with E-state index in [1.54, 1.807) is 19.1 Å². The number of hydroxylamine groups is 2. The molecule has 168 valence electrons. The summed E-state index contributed by atoms with van der Waals surface area (Å²) in [4.78, 5) is 19.0. The number of aliphatic hydroxyl groups is 1. The average Bonchev–Trinajstić information content (AvgIpc) is 2.70. The largest absolute Gasteiger partial charge is 0.459 e. The first-order chi connectivity index (χ1) is 14.5. The summed E-state index contributed by atoms with van der Waals surface area (Å²) >= 11 is 0. The quantitative estimate of drug-likeness (QED) is 0.610. The van der Waals surface area contributed by atoms with Gasteiger partial charge in [-0.2, -0.15) is 5.06 Å². The van der Waals surface area contributed by atoms with Gasteiger partial charge in [0.05, 0.1) is 11.7 Å². The Labute approximate surface area is 185 Å². The van der Waals surface area contributed by atoms with Gasteiger partial charge in [0.2, 0.25) is 0 Å². The van der Waals surface area contributed by atoms with Gasteiger partial charge in [0.25, 0.3) is 0 Å². The van der Waals surface area contributed by atoms with E-state index in [9.17, 15) is 9.90 Å². The molecule has 0 bridgehead atoms. The Morgan fingerprint density at radius 3 is 1.97 bits per heavy atom. The second kappa shape index (κ2) is 9.11. The van der Waals surface area contributed by atoms with Crippen LogP contribution in [0.1, 0.15) is 88.1 Å². The number of hydrogen-bond donors (Lipinski definition) is 1. The molecule has 0 aromatic heterocycles. The number of carbonyl (C=O) groups is 1. The van der Waals surface area contributed by atoms with E-state index in [-0.39, 0.29) is 29.3 Å². The highest BCUT2D eigenvalue weighted by molar-refractivity contribution is 5.89. The molecule has 2 atom stereocenters. The maximum absolute atomic E-state index is 12.6. The van der Waals surface area contributed by atoms with Gasteiger partial charge in [-0.25, -0.2) is 4.79 Å². The molecule has 0 amide bonds. The number of carbonyl (C=O) groups excluding carboxylic acids is 1. The van der Waals surface area contributed by atoms with Crippen LogP contribution in [0.5, 0.6) is 0 Å². The summed E-state index contributed by atoms with van der Waals surface area (Å²) in [5, 5.41) is 11.8. The summed E-state index contributed by atoms with van der Waals surface area (Å²) in [5.41, 5.74) is 1.87. The van der Waals surface area contributed by atoms with E-state index < -0.39 is 6.10 Å². The van der Waals surface area contributed by atoms with E-state index in [4.69, 9.17) is 9.57 Å². The molecule has 0 aliphatic carbocycles. The molecule has 2 aromatic rings. The molecule has 31 heavy (non-hydrogen) atoms. The van der Waals surface area contributed by atoms with Crippen molar-refractivity contribution in [3.8, 4) is 0 Å². The van der Waals surface area contributed by atoms with Crippen molar-refractivity contribution in [3.05, 3.63) is 71.3 Å². The zero-order valence-electron chi connectivity index (χ0n) is 19.5. The zero-order chi connectivity index (χ0) is 22.8. The number of benzene rings is 2. The van der Waals surface area contributed by atoms with Crippen LogP contribution in [0.15, 0.2) is 54.6 Å². The van der Waals surface area contributed by atoms with Crippen molar-refractivity contribution in [2.75, 3.05) is 0 Å². The molecule has 1 N–H and O–H groups in total. The molecule has 0 saturated carbocycles. The van der Waals surface area contributed by atoms with Crippen molar-refractivity contribution in [3.63, 3.8) is 0 Å². The van der Waals surface area contributed by atoms with E-state index >= 15 is 0 Å². The molecule has 1 heterocycles. The van der Waals surface area contributed by atoms with Crippen LogP contribution in [0.3, 0.4) is 0 Å². The van der Waals surface area contributed by atoms with Crippen molar-refractivity contribution in [2.45, 2.75) is 83.8 Å². The predicted octanol–water partition coefficient (Wildman–Crippen LogP) is 5.61. The third kappa shape index (κ3) is 5.53. The first kappa shape index (κ1) is 23.5. The van der Waals surface area contributed by atoms with E-state index in [0.717, 1.165) is 11.1 Å². The topological polar surface area (TPSA) is 59.0 Å². The van der Waals surface area contributed by atoms with Gasteiger partial charge in [0.1, 0.15) is 12.2 Å². The van der Waals surface area contributed by atoms with Gasteiger partial charge < -0.3 is 9.84 Å². The molecular weight excluding hydrogens is 390 g/mol. The van der Waals surface area contributed by atoms with Crippen molar-refractivity contribution in [1.29, 1.82) is 0 Å². The number of nitrogens with zero attached hydrogens (tertiary/aromatic N) is 1. The zero-order valence-corrected chi connectivity index (χ0v) is 19.5. The van der Waals surface area contributed by atoms with Gasteiger partial charge in [-0.05, 0) is 64.8 Å². The molecule has 1 aliphatic rings. The summed E-state index contributed by atoms with van der Waals surface area (Å²) < 4.78 is 5.88. The molecule has 2 unspecified atom stereocenters. The molecule has 1 saturated heterocycles. The van der Waals surface area contributed by atoms with E-state index in [0.29, 0.717) is 18.4 Å². The summed E-state index contributed by atoms with van der Waals surface area (Å²) in [5.74, 6) is -0.280. The SMILES string of the molecule is CC(O)c1ccc(C(C)ON2C(C)(C)CC(OC(=O)c3ccccc3)CC2(C)C)cc1. The Morgan fingerprint density at radius 2 is 1.45 bits per heavy atom. The molecule has 5 nitrogen and oxygen atoms in total. The standard InChI is InChI=1S/C26H35NO4/c1-18(28)20-12-14-21(15-13-20)19(2)31-27-25(3,4)16-23(17-26(27,5)6)30-24(29)22-10-8-7-9-11-22/h7-15,18-19,23,28H,16-17H2,1-6H3. The minimum atomic E-state index is -0.485. The summed E-state index contributed by atoms with van der Waals surface area (Å²) in [6.45, 7) is 12.3. The number of esters is 1. The molecule has 5 heteroatoms. The van der Waals surface area contributed by atoms with Gasteiger partial charge in [-0.15, -0.1) is 0 Å². The highest BCUT2D eigenvalue weighted by Crippen LogP contribution is 2.42. The second-order valence-electron chi connectivity index (χ2n) is 9.81. The van der Waals surface area contributed by atoms with Crippen LogP contribution in [0.4, 0.5) is 0 Å². The Kier molecular flexibility index (Phi) is 6.89. The first-order valence-corrected chi connectivity index (χ1v) is 11.0. The van der Waals surface area contributed by atoms with E-state index in [1.165, 1.54) is 0 Å². The third-order valence-electron chi connectivity index (χ3n) is 5.99. The highest BCUT2D eigenvalue weighted by atomic mass is 16.7. The van der Waals surface area contributed by atoms with Crippen LogP contribution in [-0.4, -0.2) is 33.3 Å². The number of piperidine rings is 1. The van der Waals surface area contributed by atoms with Crippen molar-refractivity contribution in [2.24, 2.45) is 0 Å².